The molecule has 2 atom stereocenters. The van der Waals surface area contributed by atoms with E-state index in [1.54, 1.807) is 0 Å². The molecular weight excluding hydrogens is 208 g/mol. The second-order valence-corrected chi connectivity index (χ2v) is 5.79. The summed E-state index contributed by atoms with van der Waals surface area (Å²) < 4.78 is 0. The molecule has 0 aromatic carbocycles. The van der Waals surface area contributed by atoms with Crippen LogP contribution in [0.4, 0.5) is 0 Å². The van der Waals surface area contributed by atoms with Crippen LogP contribution in [0.25, 0.3) is 0 Å². The van der Waals surface area contributed by atoms with Gasteiger partial charge in [0.2, 0.25) is 0 Å². The van der Waals surface area contributed by atoms with E-state index in [4.69, 9.17) is 0 Å². The Bertz CT molecular complexity index is 182. The standard InChI is InChI=1S/C15H32N2/c1-4-5-6-7-10-14(2)16-13-15-11-8-9-12-17(15)3/h14-16H,4-13H2,1-3H3. The van der Waals surface area contributed by atoms with Gasteiger partial charge in [0.25, 0.3) is 0 Å². The zero-order valence-electron chi connectivity index (χ0n) is 12.2. The minimum absolute atomic E-state index is 0.696. The van der Waals surface area contributed by atoms with Crippen LogP contribution in [0.5, 0.6) is 0 Å². The highest BCUT2D eigenvalue weighted by Gasteiger charge is 2.18. The average Bonchev–Trinajstić information content (AvgIpc) is 2.34. The molecule has 1 aliphatic rings. The summed E-state index contributed by atoms with van der Waals surface area (Å²) in [6, 6.07) is 1.48. The lowest BCUT2D eigenvalue weighted by atomic mass is 10.0. The normalized spacial score (nSPS) is 23.8. The number of likely N-dealkylation sites (N-methyl/N-ethyl adjacent to an activating group) is 1. The molecule has 1 aliphatic heterocycles. The van der Waals surface area contributed by atoms with Crippen molar-refractivity contribution in [1.29, 1.82) is 0 Å². The van der Waals surface area contributed by atoms with Gasteiger partial charge in [-0.05, 0) is 39.8 Å². The largest absolute Gasteiger partial charge is 0.313 e. The van der Waals surface area contributed by atoms with Crippen LogP contribution in [0.1, 0.15) is 65.2 Å². The summed E-state index contributed by atoms with van der Waals surface area (Å²) in [5.41, 5.74) is 0. The number of hydrogen-bond donors (Lipinski definition) is 1. The first-order valence-electron chi connectivity index (χ1n) is 7.67. The maximum Gasteiger partial charge on any atom is 0.0217 e. The minimum Gasteiger partial charge on any atom is -0.313 e. The molecule has 0 aromatic heterocycles. The Kier molecular flexibility index (Phi) is 7.87. The minimum atomic E-state index is 0.696. The van der Waals surface area contributed by atoms with Gasteiger partial charge in [-0.1, -0.05) is 39.0 Å². The molecule has 0 bridgehead atoms. The molecule has 1 heterocycles. The van der Waals surface area contributed by atoms with E-state index in [-0.39, 0.29) is 0 Å². The fourth-order valence-electron chi connectivity index (χ4n) is 2.72. The Labute approximate surface area is 108 Å². The summed E-state index contributed by atoms with van der Waals surface area (Å²) >= 11 is 0. The molecule has 0 aromatic rings. The topological polar surface area (TPSA) is 15.3 Å². The summed E-state index contributed by atoms with van der Waals surface area (Å²) in [5, 5.41) is 3.72. The summed E-state index contributed by atoms with van der Waals surface area (Å²) in [6.45, 7) is 7.10. The van der Waals surface area contributed by atoms with Crippen molar-refractivity contribution in [1.82, 2.24) is 10.2 Å². The first-order chi connectivity index (χ1) is 8.24. The van der Waals surface area contributed by atoms with E-state index >= 15 is 0 Å². The van der Waals surface area contributed by atoms with Crippen molar-refractivity contribution in [2.24, 2.45) is 0 Å². The van der Waals surface area contributed by atoms with E-state index in [1.165, 1.54) is 64.5 Å². The molecule has 17 heavy (non-hydrogen) atoms. The van der Waals surface area contributed by atoms with Gasteiger partial charge in [0, 0.05) is 18.6 Å². The summed E-state index contributed by atoms with van der Waals surface area (Å²) in [6.07, 6.45) is 11.1. The van der Waals surface area contributed by atoms with Crippen LogP contribution in [-0.2, 0) is 0 Å². The average molecular weight is 240 g/mol. The number of piperidine rings is 1. The van der Waals surface area contributed by atoms with E-state index in [0.29, 0.717) is 6.04 Å². The van der Waals surface area contributed by atoms with E-state index in [0.717, 1.165) is 6.04 Å². The van der Waals surface area contributed by atoms with Crippen molar-refractivity contribution in [3.63, 3.8) is 0 Å². The maximum atomic E-state index is 3.72. The number of nitrogens with zero attached hydrogens (tertiary/aromatic N) is 1. The lowest BCUT2D eigenvalue weighted by molar-refractivity contribution is 0.177. The van der Waals surface area contributed by atoms with Gasteiger partial charge in [-0.25, -0.2) is 0 Å². The van der Waals surface area contributed by atoms with Crippen molar-refractivity contribution >= 4 is 0 Å². The Morgan fingerprint density at radius 1 is 1.24 bits per heavy atom. The van der Waals surface area contributed by atoms with Gasteiger partial charge in [-0.15, -0.1) is 0 Å². The lowest BCUT2D eigenvalue weighted by Crippen LogP contribution is -2.45. The van der Waals surface area contributed by atoms with Crippen LogP contribution in [0, 0.1) is 0 Å². The molecule has 0 radical (unpaired) electrons. The first kappa shape index (κ1) is 15.0. The van der Waals surface area contributed by atoms with Crippen LogP contribution in [0.3, 0.4) is 0 Å². The van der Waals surface area contributed by atoms with Crippen molar-refractivity contribution < 1.29 is 0 Å². The Morgan fingerprint density at radius 3 is 2.76 bits per heavy atom. The zero-order chi connectivity index (χ0) is 12.5. The van der Waals surface area contributed by atoms with Gasteiger partial charge >= 0.3 is 0 Å². The Hall–Kier alpha value is -0.0800. The quantitative estimate of drug-likeness (QED) is 0.654. The second-order valence-electron chi connectivity index (χ2n) is 5.79. The smallest absolute Gasteiger partial charge is 0.0217 e. The molecule has 2 unspecified atom stereocenters. The number of hydrogen-bond acceptors (Lipinski definition) is 2. The van der Waals surface area contributed by atoms with Crippen LogP contribution < -0.4 is 5.32 Å². The number of unbranched alkanes of at least 4 members (excludes halogenated alkanes) is 3. The number of rotatable bonds is 8. The molecular formula is C15H32N2. The third kappa shape index (κ3) is 6.42. The van der Waals surface area contributed by atoms with Crippen molar-refractivity contribution in [2.75, 3.05) is 20.1 Å². The predicted octanol–water partition coefficient (Wildman–Crippen LogP) is 3.42. The molecule has 0 spiro atoms. The third-order valence-corrected chi connectivity index (χ3v) is 4.11. The SMILES string of the molecule is CCCCCCC(C)NCC1CCCCN1C. The van der Waals surface area contributed by atoms with Gasteiger partial charge in [0.15, 0.2) is 0 Å². The van der Waals surface area contributed by atoms with E-state index in [1.807, 2.05) is 0 Å². The van der Waals surface area contributed by atoms with Crippen molar-refractivity contribution in [3.8, 4) is 0 Å². The maximum absolute atomic E-state index is 3.72. The highest BCUT2D eigenvalue weighted by molar-refractivity contribution is 4.77. The highest BCUT2D eigenvalue weighted by Crippen LogP contribution is 2.14. The molecule has 1 rings (SSSR count). The molecule has 0 saturated carbocycles. The third-order valence-electron chi connectivity index (χ3n) is 4.11. The lowest BCUT2D eigenvalue weighted by Gasteiger charge is -2.33. The van der Waals surface area contributed by atoms with Gasteiger partial charge in [0.05, 0.1) is 0 Å². The van der Waals surface area contributed by atoms with Crippen molar-refractivity contribution in [3.05, 3.63) is 0 Å². The van der Waals surface area contributed by atoms with Gasteiger partial charge in [0.1, 0.15) is 0 Å². The second kappa shape index (κ2) is 8.93. The molecule has 0 aliphatic carbocycles. The summed E-state index contributed by atoms with van der Waals surface area (Å²) in [5.74, 6) is 0. The van der Waals surface area contributed by atoms with Gasteiger partial charge < -0.3 is 10.2 Å². The van der Waals surface area contributed by atoms with Crippen LogP contribution in [0.15, 0.2) is 0 Å². The fraction of sp³-hybridized carbons (Fsp3) is 1.00. The molecule has 1 saturated heterocycles. The predicted molar refractivity (Wildman–Crippen MR) is 76.5 cm³/mol. The van der Waals surface area contributed by atoms with E-state index in [2.05, 4.69) is 31.1 Å². The fourth-order valence-corrected chi connectivity index (χ4v) is 2.72. The first-order valence-corrected chi connectivity index (χ1v) is 7.67. The van der Waals surface area contributed by atoms with Crippen molar-refractivity contribution in [2.45, 2.75) is 77.3 Å². The van der Waals surface area contributed by atoms with Crippen LogP contribution in [-0.4, -0.2) is 37.1 Å². The molecule has 1 fully saturated rings. The van der Waals surface area contributed by atoms with Crippen LogP contribution in [0.2, 0.25) is 0 Å². The molecule has 1 N–H and O–H groups in total. The number of nitrogens with one attached hydrogen (secondary N) is 1. The van der Waals surface area contributed by atoms with Gasteiger partial charge in [-0.2, -0.15) is 0 Å². The summed E-state index contributed by atoms with van der Waals surface area (Å²) in [7, 11) is 2.28. The monoisotopic (exact) mass is 240 g/mol. The van der Waals surface area contributed by atoms with E-state index in [9.17, 15) is 0 Å². The number of likely N-dealkylation sites (tertiary alicyclic amines) is 1. The Balaban J connectivity index is 2.03. The van der Waals surface area contributed by atoms with Crippen LogP contribution >= 0.6 is 0 Å². The van der Waals surface area contributed by atoms with E-state index < -0.39 is 0 Å². The molecule has 0 amide bonds. The molecule has 2 nitrogen and oxygen atoms in total. The molecule has 102 valence electrons. The Morgan fingerprint density at radius 2 is 2.06 bits per heavy atom. The van der Waals surface area contributed by atoms with Gasteiger partial charge in [-0.3, -0.25) is 0 Å². The molecule has 2 heteroatoms. The highest BCUT2D eigenvalue weighted by atomic mass is 15.2. The summed E-state index contributed by atoms with van der Waals surface area (Å²) in [4.78, 5) is 2.53. The zero-order valence-corrected chi connectivity index (χ0v) is 12.2.